The van der Waals surface area contributed by atoms with Gasteiger partial charge in [0.05, 0.1) is 6.61 Å². The van der Waals surface area contributed by atoms with Gasteiger partial charge in [0.2, 0.25) is 0 Å². The van der Waals surface area contributed by atoms with Crippen molar-refractivity contribution in [2.75, 3.05) is 19.6 Å². The van der Waals surface area contributed by atoms with Crippen LogP contribution in [0.3, 0.4) is 0 Å². The van der Waals surface area contributed by atoms with Crippen LogP contribution in [0.15, 0.2) is 54.6 Å². The van der Waals surface area contributed by atoms with E-state index in [1.165, 1.54) is 48.2 Å². The van der Waals surface area contributed by atoms with Crippen LogP contribution in [0, 0.1) is 6.92 Å². The van der Waals surface area contributed by atoms with Gasteiger partial charge in [-0.15, -0.1) is 0 Å². The van der Waals surface area contributed by atoms with E-state index >= 15 is 0 Å². The number of aliphatic hydroxyl groups excluding tert-OH is 1. The fourth-order valence-corrected chi connectivity index (χ4v) is 3.16. The van der Waals surface area contributed by atoms with Gasteiger partial charge in [-0.1, -0.05) is 54.1 Å². The lowest BCUT2D eigenvalue weighted by Crippen LogP contribution is -2.19. The van der Waals surface area contributed by atoms with Crippen molar-refractivity contribution in [2.45, 2.75) is 26.4 Å². The van der Waals surface area contributed by atoms with Crippen molar-refractivity contribution < 1.29 is 5.11 Å². The lowest BCUT2D eigenvalue weighted by atomic mass is 9.95. The van der Waals surface area contributed by atoms with Gasteiger partial charge in [0.15, 0.2) is 0 Å². The molecule has 1 heterocycles. The fourth-order valence-electron chi connectivity index (χ4n) is 3.16. The highest BCUT2D eigenvalue weighted by Gasteiger charge is 2.11. The molecule has 2 aromatic rings. The Kier molecular flexibility index (Phi) is 5.27. The van der Waals surface area contributed by atoms with Crippen molar-refractivity contribution >= 4 is 5.57 Å². The standard InChI is InChI=1S/C21H25NO/c1-17-7-9-19(10-8-17)21(11-14-22-12-2-3-13-22)20-6-4-5-18(15-20)16-23/h4-11,15,23H,2-3,12-14,16H2,1H3. The lowest BCUT2D eigenvalue weighted by Gasteiger charge is -2.15. The molecule has 1 N–H and O–H groups in total. The van der Waals surface area contributed by atoms with Gasteiger partial charge < -0.3 is 5.11 Å². The molecule has 0 aromatic heterocycles. The number of nitrogens with zero attached hydrogens (tertiary/aromatic N) is 1. The highest BCUT2D eigenvalue weighted by Crippen LogP contribution is 2.25. The number of hydrogen-bond acceptors (Lipinski definition) is 2. The Labute approximate surface area is 139 Å². The predicted molar refractivity (Wildman–Crippen MR) is 96.3 cm³/mol. The molecule has 0 unspecified atom stereocenters. The minimum absolute atomic E-state index is 0.0845. The van der Waals surface area contributed by atoms with Gasteiger partial charge in [0, 0.05) is 6.54 Å². The van der Waals surface area contributed by atoms with Crippen molar-refractivity contribution in [3.63, 3.8) is 0 Å². The average molecular weight is 307 g/mol. The summed E-state index contributed by atoms with van der Waals surface area (Å²) in [5, 5.41) is 9.43. The molecular weight excluding hydrogens is 282 g/mol. The third kappa shape index (κ3) is 4.10. The molecule has 0 atom stereocenters. The molecule has 1 aliphatic rings. The second-order valence-electron chi connectivity index (χ2n) is 6.35. The Morgan fingerprint density at radius 2 is 1.78 bits per heavy atom. The zero-order chi connectivity index (χ0) is 16.1. The first kappa shape index (κ1) is 16.0. The summed E-state index contributed by atoms with van der Waals surface area (Å²) < 4.78 is 0. The van der Waals surface area contributed by atoms with Gasteiger partial charge in [0.1, 0.15) is 0 Å². The van der Waals surface area contributed by atoms with Crippen LogP contribution in [-0.4, -0.2) is 29.6 Å². The Balaban J connectivity index is 1.94. The second kappa shape index (κ2) is 7.58. The minimum atomic E-state index is 0.0845. The molecule has 1 fully saturated rings. The Morgan fingerprint density at radius 3 is 2.48 bits per heavy atom. The van der Waals surface area contributed by atoms with Gasteiger partial charge in [-0.25, -0.2) is 0 Å². The maximum absolute atomic E-state index is 9.43. The highest BCUT2D eigenvalue weighted by atomic mass is 16.3. The maximum atomic E-state index is 9.43. The summed E-state index contributed by atoms with van der Waals surface area (Å²) in [5.74, 6) is 0. The molecule has 0 spiro atoms. The zero-order valence-corrected chi connectivity index (χ0v) is 13.8. The first-order valence-electron chi connectivity index (χ1n) is 8.46. The minimum Gasteiger partial charge on any atom is -0.392 e. The number of likely N-dealkylation sites (tertiary alicyclic amines) is 1. The Morgan fingerprint density at radius 1 is 1.04 bits per heavy atom. The third-order valence-corrected chi connectivity index (χ3v) is 4.54. The molecule has 0 amide bonds. The highest BCUT2D eigenvalue weighted by molar-refractivity contribution is 5.80. The van der Waals surface area contributed by atoms with Gasteiger partial charge in [-0.2, -0.15) is 0 Å². The molecule has 1 saturated heterocycles. The summed E-state index contributed by atoms with van der Waals surface area (Å²) in [4.78, 5) is 2.50. The van der Waals surface area contributed by atoms with Gasteiger partial charge >= 0.3 is 0 Å². The van der Waals surface area contributed by atoms with Crippen LogP contribution in [0.2, 0.25) is 0 Å². The average Bonchev–Trinajstić information content (AvgIpc) is 3.10. The van der Waals surface area contributed by atoms with Crippen LogP contribution >= 0.6 is 0 Å². The molecule has 2 nitrogen and oxygen atoms in total. The van der Waals surface area contributed by atoms with Crippen molar-refractivity contribution in [1.29, 1.82) is 0 Å². The molecule has 0 aliphatic carbocycles. The number of hydrogen-bond donors (Lipinski definition) is 1. The molecule has 3 rings (SSSR count). The van der Waals surface area contributed by atoms with Crippen LogP contribution in [0.25, 0.3) is 5.57 Å². The molecule has 0 saturated carbocycles. The van der Waals surface area contributed by atoms with Crippen LogP contribution in [-0.2, 0) is 6.61 Å². The summed E-state index contributed by atoms with van der Waals surface area (Å²) in [6.07, 6.45) is 4.97. The predicted octanol–water partition coefficient (Wildman–Crippen LogP) is 4.01. The van der Waals surface area contributed by atoms with Crippen molar-refractivity contribution in [2.24, 2.45) is 0 Å². The monoisotopic (exact) mass is 307 g/mol. The first-order chi connectivity index (χ1) is 11.3. The van der Waals surface area contributed by atoms with E-state index in [1.807, 2.05) is 12.1 Å². The lowest BCUT2D eigenvalue weighted by molar-refractivity contribution is 0.282. The molecule has 0 radical (unpaired) electrons. The first-order valence-corrected chi connectivity index (χ1v) is 8.46. The van der Waals surface area contributed by atoms with Crippen LogP contribution < -0.4 is 0 Å². The SMILES string of the molecule is Cc1ccc(C(=CCN2CCCC2)c2cccc(CO)c2)cc1. The van der Waals surface area contributed by atoms with Crippen molar-refractivity contribution in [1.82, 2.24) is 4.90 Å². The molecule has 0 bridgehead atoms. The zero-order valence-electron chi connectivity index (χ0n) is 13.8. The van der Waals surface area contributed by atoms with Crippen molar-refractivity contribution in [3.05, 3.63) is 76.9 Å². The molecule has 23 heavy (non-hydrogen) atoms. The second-order valence-corrected chi connectivity index (χ2v) is 6.35. The topological polar surface area (TPSA) is 23.5 Å². The van der Waals surface area contributed by atoms with E-state index in [0.717, 1.165) is 12.1 Å². The van der Waals surface area contributed by atoms with E-state index in [0.29, 0.717) is 0 Å². The summed E-state index contributed by atoms with van der Waals surface area (Å²) >= 11 is 0. The molecule has 1 aliphatic heterocycles. The third-order valence-electron chi connectivity index (χ3n) is 4.54. The number of rotatable bonds is 5. The molecule has 2 heteroatoms. The van der Waals surface area contributed by atoms with E-state index in [4.69, 9.17) is 0 Å². The molecule has 2 aromatic carbocycles. The number of benzene rings is 2. The van der Waals surface area contributed by atoms with Crippen LogP contribution in [0.1, 0.15) is 35.1 Å². The smallest absolute Gasteiger partial charge is 0.0682 e. The summed E-state index contributed by atoms with van der Waals surface area (Å²) in [5.41, 5.74) is 5.91. The van der Waals surface area contributed by atoms with E-state index in [2.05, 4.69) is 54.3 Å². The largest absolute Gasteiger partial charge is 0.392 e. The van der Waals surface area contributed by atoms with E-state index < -0.39 is 0 Å². The Bertz CT molecular complexity index is 666. The number of aryl methyl sites for hydroxylation is 1. The summed E-state index contributed by atoms with van der Waals surface area (Å²) in [6, 6.07) is 16.9. The van der Waals surface area contributed by atoms with Crippen LogP contribution in [0.5, 0.6) is 0 Å². The normalized spacial score (nSPS) is 16.0. The van der Waals surface area contributed by atoms with Crippen molar-refractivity contribution in [3.8, 4) is 0 Å². The quantitative estimate of drug-likeness (QED) is 0.902. The van der Waals surface area contributed by atoms with Gasteiger partial charge in [-0.3, -0.25) is 4.90 Å². The van der Waals surface area contributed by atoms with Crippen LogP contribution in [0.4, 0.5) is 0 Å². The molecule has 120 valence electrons. The summed E-state index contributed by atoms with van der Waals surface area (Å²) in [6.45, 7) is 5.60. The Hall–Kier alpha value is -1.90. The van der Waals surface area contributed by atoms with Gasteiger partial charge in [0.25, 0.3) is 0 Å². The van der Waals surface area contributed by atoms with Gasteiger partial charge in [-0.05, 0) is 61.2 Å². The molecular formula is C21H25NO. The van der Waals surface area contributed by atoms with E-state index in [1.54, 1.807) is 0 Å². The fraction of sp³-hybridized carbons (Fsp3) is 0.333. The summed E-state index contributed by atoms with van der Waals surface area (Å²) in [7, 11) is 0. The number of aliphatic hydroxyl groups is 1. The maximum Gasteiger partial charge on any atom is 0.0682 e. The van der Waals surface area contributed by atoms with E-state index in [9.17, 15) is 5.11 Å². The van der Waals surface area contributed by atoms with E-state index in [-0.39, 0.29) is 6.61 Å².